The maximum atomic E-state index is 13.9. The average molecular weight is 448 g/mol. The molecular weight excluding hydrogens is 426 g/mol. The summed E-state index contributed by atoms with van der Waals surface area (Å²) in [5, 5.41) is 12.5. The number of hydrogen-bond donors (Lipinski definition) is 0. The number of halogens is 2. The molecular formula is C24H22F2N6O. The smallest absolute Gasteiger partial charge is 0.254 e. The van der Waals surface area contributed by atoms with Crippen LogP contribution in [0.3, 0.4) is 0 Å². The van der Waals surface area contributed by atoms with Gasteiger partial charge in [-0.2, -0.15) is 5.10 Å². The summed E-state index contributed by atoms with van der Waals surface area (Å²) in [6, 6.07) is 10.6. The summed E-state index contributed by atoms with van der Waals surface area (Å²) in [7, 11) is 1.75. The number of nitrogens with zero attached hydrogens (tertiary/aromatic N) is 6. The van der Waals surface area contributed by atoms with Gasteiger partial charge in [0.15, 0.2) is 0 Å². The van der Waals surface area contributed by atoms with E-state index in [1.165, 1.54) is 12.1 Å². The van der Waals surface area contributed by atoms with Crippen molar-refractivity contribution < 1.29 is 13.6 Å². The molecule has 0 saturated carbocycles. The molecule has 0 bridgehead atoms. The zero-order valence-corrected chi connectivity index (χ0v) is 18.2. The maximum absolute atomic E-state index is 13.9. The molecule has 5 rings (SSSR count). The molecule has 168 valence electrons. The maximum Gasteiger partial charge on any atom is 0.254 e. The first-order chi connectivity index (χ1) is 15.9. The van der Waals surface area contributed by atoms with Crippen molar-refractivity contribution in [3.8, 4) is 11.3 Å². The molecule has 1 aliphatic rings. The van der Waals surface area contributed by atoms with Crippen molar-refractivity contribution in [2.75, 3.05) is 6.54 Å². The van der Waals surface area contributed by atoms with Crippen LogP contribution >= 0.6 is 0 Å². The minimum Gasteiger partial charge on any atom is -0.330 e. The van der Waals surface area contributed by atoms with Crippen molar-refractivity contribution in [2.45, 2.75) is 25.9 Å². The van der Waals surface area contributed by atoms with E-state index in [4.69, 9.17) is 0 Å². The Bertz CT molecular complexity index is 1310. The molecule has 0 saturated heterocycles. The van der Waals surface area contributed by atoms with Crippen LogP contribution in [0.5, 0.6) is 0 Å². The largest absolute Gasteiger partial charge is 0.330 e. The van der Waals surface area contributed by atoms with E-state index in [1.807, 2.05) is 31.2 Å². The highest BCUT2D eigenvalue weighted by Gasteiger charge is 2.34. The summed E-state index contributed by atoms with van der Waals surface area (Å²) in [6.07, 6.45) is 3.89. The van der Waals surface area contributed by atoms with Crippen LogP contribution in [0.25, 0.3) is 11.3 Å². The third kappa shape index (κ3) is 3.79. The van der Waals surface area contributed by atoms with Crippen LogP contribution in [-0.4, -0.2) is 42.1 Å². The number of hydrogen-bond acceptors (Lipinski definition) is 4. The predicted molar refractivity (Wildman–Crippen MR) is 117 cm³/mol. The highest BCUT2D eigenvalue weighted by atomic mass is 19.1. The molecule has 0 fully saturated rings. The molecule has 1 aliphatic heterocycles. The number of carbonyl (C=O) groups is 1. The lowest BCUT2D eigenvalue weighted by atomic mass is 9.94. The van der Waals surface area contributed by atoms with Gasteiger partial charge >= 0.3 is 0 Å². The molecule has 4 aromatic rings. The Hall–Kier alpha value is -3.88. The monoisotopic (exact) mass is 448 g/mol. The second kappa shape index (κ2) is 8.23. The molecule has 1 unspecified atom stereocenters. The molecule has 0 radical (unpaired) electrons. The van der Waals surface area contributed by atoms with Gasteiger partial charge in [0.2, 0.25) is 0 Å². The van der Waals surface area contributed by atoms with E-state index in [0.717, 1.165) is 22.9 Å². The molecule has 0 spiro atoms. The van der Waals surface area contributed by atoms with Crippen molar-refractivity contribution in [2.24, 2.45) is 7.05 Å². The molecule has 0 aliphatic carbocycles. The Kier molecular flexibility index (Phi) is 5.24. The minimum absolute atomic E-state index is 0.0899. The van der Waals surface area contributed by atoms with Gasteiger partial charge in [-0.05, 0) is 37.1 Å². The molecule has 0 N–H and O–H groups in total. The quantitative estimate of drug-likeness (QED) is 0.477. The van der Waals surface area contributed by atoms with Crippen LogP contribution in [-0.2, 0) is 20.0 Å². The van der Waals surface area contributed by atoms with Crippen LogP contribution in [0.15, 0.2) is 54.9 Å². The number of aromatic nitrogens is 5. The standard InChI is InChI=1S/C24H22F2N6O/c1-15-22-21(23(30(2)28-22)17-11-18(25)13-19(26)12-17)7-9-32(15)24(33)20-6-4-3-5-16(20)14-31-10-8-27-29-31/h3-6,8,10-13,15H,7,9,14H2,1-2H3. The molecule has 7 nitrogen and oxygen atoms in total. The second-order valence-corrected chi connectivity index (χ2v) is 8.18. The van der Waals surface area contributed by atoms with E-state index < -0.39 is 11.6 Å². The number of amides is 1. The molecule has 33 heavy (non-hydrogen) atoms. The second-order valence-electron chi connectivity index (χ2n) is 8.18. The van der Waals surface area contributed by atoms with Crippen molar-refractivity contribution in [3.05, 3.63) is 88.9 Å². The predicted octanol–water partition coefficient (Wildman–Crippen LogP) is 3.76. The molecule has 9 heteroatoms. The summed E-state index contributed by atoms with van der Waals surface area (Å²) in [4.78, 5) is 15.4. The van der Waals surface area contributed by atoms with Gasteiger partial charge in [0.1, 0.15) is 11.6 Å². The van der Waals surface area contributed by atoms with Gasteiger partial charge in [-0.15, -0.1) is 5.10 Å². The summed E-state index contributed by atoms with van der Waals surface area (Å²) in [5.74, 6) is -1.36. The van der Waals surface area contributed by atoms with Crippen molar-refractivity contribution >= 4 is 5.91 Å². The van der Waals surface area contributed by atoms with E-state index in [9.17, 15) is 13.6 Å². The van der Waals surface area contributed by atoms with Crippen molar-refractivity contribution in [3.63, 3.8) is 0 Å². The lowest BCUT2D eigenvalue weighted by Crippen LogP contribution is -2.39. The van der Waals surface area contributed by atoms with Crippen LogP contribution in [0.1, 0.15) is 40.1 Å². The van der Waals surface area contributed by atoms with Crippen molar-refractivity contribution in [1.82, 2.24) is 29.7 Å². The Morgan fingerprint density at radius 1 is 1.15 bits per heavy atom. The average Bonchev–Trinajstić information content (AvgIpc) is 3.41. The van der Waals surface area contributed by atoms with Gasteiger partial charge in [-0.1, -0.05) is 23.4 Å². The number of rotatable bonds is 4. The Labute approximate surface area is 189 Å². The van der Waals surface area contributed by atoms with E-state index in [1.54, 1.807) is 33.7 Å². The fraction of sp³-hybridized carbons (Fsp3) is 0.250. The molecule has 1 atom stereocenters. The number of fused-ring (bicyclic) bond motifs is 1. The molecule has 2 aromatic carbocycles. The lowest BCUT2D eigenvalue weighted by Gasteiger charge is -2.33. The number of benzene rings is 2. The summed E-state index contributed by atoms with van der Waals surface area (Å²) in [6.45, 7) is 2.84. The topological polar surface area (TPSA) is 68.8 Å². The van der Waals surface area contributed by atoms with Crippen molar-refractivity contribution in [1.29, 1.82) is 0 Å². The Morgan fingerprint density at radius 2 is 1.91 bits per heavy atom. The van der Waals surface area contributed by atoms with Gasteiger partial charge in [-0.25, -0.2) is 13.5 Å². The molecule has 2 aromatic heterocycles. The van der Waals surface area contributed by atoms with E-state index in [2.05, 4.69) is 15.4 Å². The van der Waals surface area contributed by atoms with Gasteiger partial charge in [0.05, 0.1) is 30.2 Å². The number of carbonyl (C=O) groups excluding carboxylic acids is 1. The fourth-order valence-corrected chi connectivity index (χ4v) is 4.59. The van der Waals surface area contributed by atoms with Crippen LogP contribution in [0.4, 0.5) is 8.78 Å². The Morgan fingerprint density at radius 3 is 2.64 bits per heavy atom. The summed E-state index contributed by atoms with van der Waals surface area (Å²) in [5.41, 5.74) is 4.22. The summed E-state index contributed by atoms with van der Waals surface area (Å²) < 4.78 is 31.0. The van der Waals surface area contributed by atoms with E-state index in [0.29, 0.717) is 36.3 Å². The molecule has 3 heterocycles. The first kappa shape index (κ1) is 21.0. The number of aryl methyl sites for hydroxylation is 1. The SMILES string of the molecule is CC1c2nn(C)c(-c3cc(F)cc(F)c3)c2CCN1C(=O)c1ccccc1Cn1ccnn1. The lowest BCUT2D eigenvalue weighted by molar-refractivity contribution is 0.0672. The van der Waals surface area contributed by atoms with Gasteiger partial charge in [-0.3, -0.25) is 9.48 Å². The summed E-state index contributed by atoms with van der Waals surface area (Å²) >= 11 is 0. The minimum atomic E-state index is -0.635. The highest BCUT2D eigenvalue weighted by molar-refractivity contribution is 5.96. The van der Waals surface area contributed by atoms with Gasteiger partial charge in [0.25, 0.3) is 5.91 Å². The third-order valence-corrected chi connectivity index (χ3v) is 6.09. The van der Waals surface area contributed by atoms with Crippen LogP contribution in [0.2, 0.25) is 0 Å². The normalized spacial score (nSPS) is 15.5. The first-order valence-corrected chi connectivity index (χ1v) is 10.7. The zero-order valence-electron chi connectivity index (χ0n) is 18.2. The van der Waals surface area contributed by atoms with E-state index >= 15 is 0 Å². The van der Waals surface area contributed by atoms with Gasteiger partial charge < -0.3 is 4.90 Å². The molecule has 1 amide bonds. The van der Waals surface area contributed by atoms with Gasteiger partial charge in [0, 0.05) is 42.5 Å². The highest BCUT2D eigenvalue weighted by Crippen LogP contribution is 2.36. The third-order valence-electron chi connectivity index (χ3n) is 6.09. The zero-order chi connectivity index (χ0) is 23.1. The van der Waals surface area contributed by atoms with Crippen LogP contribution in [0, 0.1) is 11.6 Å². The fourth-order valence-electron chi connectivity index (χ4n) is 4.59. The Balaban J connectivity index is 1.47. The first-order valence-electron chi connectivity index (χ1n) is 10.7. The van der Waals surface area contributed by atoms with E-state index in [-0.39, 0.29) is 11.9 Å². The van der Waals surface area contributed by atoms with Crippen LogP contribution < -0.4 is 0 Å².